The third kappa shape index (κ3) is 6.09. The Morgan fingerprint density at radius 1 is 1.05 bits per heavy atom. The fraction of sp³-hybridized carbons (Fsp3) is 0.250. The molecular formula is C32H29ClFNO5S. The maximum absolute atomic E-state index is 13.6. The second kappa shape index (κ2) is 11.9. The molecule has 3 aromatic carbocycles. The number of esters is 1. The van der Waals surface area contributed by atoms with Gasteiger partial charge in [-0.05, 0) is 73.2 Å². The van der Waals surface area contributed by atoms with E-state index in [0.717, 1.165) is 40.0 Å². The Morgan fingerprint density at radius 2 is 1.78 bits per heavy atom. The Hall–Kier alpha value is -3.88. The lowest BCUT2D eigenvalue weighted by atomic mass is 9.93. The molecular weight excluding hydrogens is 565 g/mol. The van der Waals surface area contributed by atoms with E-state index in [1.165, 1.54) is 23.5 Å². The van der Waals surface area contributed by atoms with Crippen LogP contribution in [0, 0.1) is 5.82 Å². The average molecular weight is 594 g/mol. The molecule has 0 bridgehead atoms. The lowest BCUT2D eigenvalue weighted by Crippen LogP contribution is -2.23. The molecule has 6 nitrogen and oxygen atoms in total. The quantitative estimate of drug-likeness (QED) is 0.196. The largest absolute Gasteiger partial charge is 0.496 e. The van der Waals surface area contributed by atoms with Gasteiger partial charge in [0.05, 0.1) is 34.0 Å². The normalized spacial score (nSPS) is 14.2. The number of methoxy groups -OCH3 is 1. The number of thiophene rings is 1. The van der Waals surface area contributed by atoms with Crippen LogP contribution in [0.2, 0.25) is 4.34 Å². The predicted molar refractivity (Wildman–Crippen MR) is 159 cm³/mol. The van der Waals surface area contributed by atoms with Crippen LogP contribution in [0.15, 0.2) is 72.8 Å². The van der Waals surface area contributed by atoms with E-state index in [1.807, 2.05) is 49.4 Å². The Bertz CT molecular complexity index is 1580. The standard InChI is InChI=1S/C32H29ClFNO5S/c1-4-39-30(36)32(14-15-32)23-11-8-20(9-12-23)25-13-10-22(17-27(25)38-3)29-26(18-28(33)41-29)35-31(37)40-19(2)21-6-5-7-24(34)16-21/h5-13,16-19H,4,14-15H2,1-3H3,(H,35,37). The van der Waals surface area contributed by atoms with Crippen molar-refractivity contribution in [3.8, 4) is 27.3 Å². The Balaban J connectivity index is 1.35. The van der Waals surface area contributed by atoms with E-state index in [0.29, 0.717) is 27.9 Å². The highest BCUT2D eigenvalue weighted by atomic mass is 35.5. The van der Waals surface area contributed by atoms with Crippen molar-refractivity contribution in [3.05, 3.63) is 94.1 Å². The van der Waals surface area contributed by atoms with Gasteiger partial charge in [0.1, 0.15) is 17.7 Å². The number of carbonyl (C=O) groups excluding carboxylic acids is 2. The first-order valence-electron chi connectivity index (χ1n) is 13.2. The van der Waals surface area contributed by atoms with Crippen molar-refractivity contribution in [1.29, 1.82) is 0 Å². The number of anilines is 1. The zero-order valence-electron chi connectivity index (χ0n) is 22.8. The molecule has 212 valence electrons. The van der Waals surface area contributed by atoms with Crippen LogP contribution in [0.4, 0.5) is 14.9 Å². The van der Waals surface area contributed by atoms with Crippen LogP contribution in [-0.4, -0.2) is 25.8 Å². The minimum Gasteiger partial charge on any atom is -0.496 e. The van der Waals surface area contributed by atoms with Crippen LogP contribution in [0.5, 0.6) is 5.75 Å². The van der Waals surface area contributed by atoms with Gasteiger partial charge in [-0.1, -0.05) is 60.1 Å². The molecule has 0 radical (unpaired) electrons. The molecule has 41 heavy (non-hydrogen) atoms. The van der Waals surface area contributed by atoms with Crippen molar-refractivity contribution in [2.75, 3.05) is 19.0 Å². The predicted octanol–water partition coefficient (Wildman–Crippen LogP) is 8.79. The molecule has 1 aromatic heterocycles. The fourth-order valence-corrected chi connectivity index (χ4v) is 6.02. The molecule has 1 aliphatic carbocycles. The summed E-state index contributed by atoms with van der Waals surface area (Å²) in [6, 6.07) is 21.3. The lowest BCUT2D eigenvalue weighted by Gasteiger charge is -2.16. The number of hydrogen-bond acceptors (Lipinski definition) is 6. The summed E-state index contributed by atoms with van der Waals surface area (Å²) < 4.78 is 30.6. The summed E-state index contributed by atoms with van der Waals surface area (Å²) in [6.45, 7) is 3.86. The highest BCUT2D eigenvalue weighted by Crippen LogP contribution is 2.50. The van der Waals surface area contributed by atoms with Gasteiger partial charge in [-0.15, -0.1) is 11.3 Å². The van der Waals surface area contributed by atoms with Gasteiger partial charge in [0.15, 0.2) is 0 Å². The Morgan fingerprint density at radius 3 is 2.44 bits per heavy atom. The molecule has 1 N–H and O–H groups in total. The van der Waals surface area contributed by atoms with Crippen LogP contribution in [0.3, 0.4) is 0 Å². The van der Waals surface area contributed by atoms with Crippen molar-refractivity contribution in [2.45, 2.75) is 38.2 Å². The first kappa shape index (κ1) is 28.6. The van der Waals surface area contributed by atoms with Gasteiger partial charge in [-0.3, -0.25) is 10.1 Å². The number of rotatable bonds is 9. The van der Waals surface area contributed by atoms with Crippen LogP contribution in [-0.2, 0) is 19.7 Å². The third-order valence-corrected chi connectivity index (χ3v) is 8.48. The molecule has 0 saturated heterocycles. The summed E-state index contributed by atoms with van der Waals surface area (Å²) in [5, 5.41) is 2.77. The molecule has 0 aliphatic heterocycles. The average Bonchev–Trinajstić information content (AvgIpc) is 3.70. The number of hydrogen-bond donors (Lipinski definition) is 1. The monoisotopic (exact) mass is 593 g/mol. The van der Waals surface area contributed by atoms with Crippen molar-refractivity contribution in [2.24, 2.45) is 0 Å². The maximum Gasteiger partial charge on any atom is 0.412 e. The van der Waals surface area contributed by atoms with E-state index in [2.05, 4.69) is 5.32 Å². The second-order valence-corrected chi connectivity index (χ2v) is 11.5. The molecule has 1 heterocycles. The second-order valence-electron chi connectivity index (χ2n) is 9.82. The smallest absolute Gasteiger partial charge is 0.412 e. The number of benzene rings is 3. The lowest BCUT2D eigenvalue weighted by molar-refractivity contribution is -0.146. The first-order chi connectivity index (χ1) is 19.7. The molecule has 0 spiro atoms. The molecule has 4 aromatic rings. The third-order valence-electron chi connectivity index (χ3n) is 7.17. The molecule has 1 atom stereocenters. The van der Waals surface area contributed by atoms with E-state index >= 15 is 0 Å². The molecule has 1 amide bonds. The van der Waals surface area contributed by atoms with Gasteiger partial charge < -0.3 is 14.2 Å². The summed E-state index contributed by atoms with van der Waals surface area (Å²) in [5.74, 6) is 0.0719. The molecule has 1 unspecified atom stereocenters. The van der Waals surface area contributed by atoms with Gasteiger partial charge >= 0.3 is 12.1 Å². The summed E-state index contributed by atoms with van der Waals surface area (Å²) in [7, 11) is 1.60. The highest BCUT2D eigenvalue weighted by molar-refractivity contribution is 7.20. The fourth-order valence-electron chi connectivity index (χ4n) is 4.84. The summed E-state index contributed by atoms with van der Waals surface area (Å²) in [5.41, 5.74) is 4.08. The SMILES string of the molecule is CCOC(=O)C1(c2ccc(-c3ccc(-c4sc(Cl)cc4NC(=O)OC(C)c4cccc(F)c4)cc3OC)cc2)CC1. The van der Waals surface area contributed by atoms with Gasteiger partial charge in [-0.25, -0.2) is 9.18 Å². The van der Waals surface area contributed by atoms with Gasteiger partial charge in [0, 0.05) is 5.56 Å². The van der Waals surface area contributed by atoms with Crippen LogP contribution >= 0.6 is 22.9 Å². The van der Waals surface area contributed by atoms with E-state index in [1.54, 1.807) is 32.2 Å². The van der Waals surface area contributed by atoms with E-state index in [4.69, 9.17) is 25.8 Å². The zero-order chi connectivity index (χ0) is 29.1. The molecule has 1 saturated carbocycles. The number of carbonyl (C=O) groups is 2. The van der Waals surface area contributed by atoms with E-state index < -0.39 is 23.4 Å². The minimum atomic E-state index is -0.683. The van der Waals surface area contributed by atoms with Crippen LogP contribution in [0.1, 0.15) is 43.9 Å². The Kier molecular flexibility index (Phi) is 8.33. The summed E-state index contributed by atoms with van der Waals surface area (Å²) in [4.78, 5) is 25.9. The number of halogens is 2. The van der Waals surface area contributed by atoms with Crippen molar-refractivity contribution in [3.63, 3.8) is 0 Å². The topological polar surface area (TPSA) is 73.9 Å². The first-order valence-corrected chi connectivity index (χ1v) is 14.4. The van der Waals surface area contributed by atoms with Gasteiger partial charge in [-0.2, -0.15) is 0 Å². The van der Waals surface area contributed by atoms with E-state index in [9.17, 15) is 14.0 Å². The molecule has 1 fully saturated rings. The highest BCUT2D eigenvalue weighted by Gasteiger charge is 2.52. The number of ether oxygens (including phenoxy) is 3. The van der Waals surface area contributed by atoms with Crippen LogP contribution < -0.4 is 10.1 Å². The van der Waals surface area contributed by atoms with E-state index in [-0.39, 0.29) is 5.97 Å². The van der Waals surface area contributed by atoms with Crippen molar-refractivity contribution >= 4 is 40.7 Å². The Labute approximate surface area is 247 Å². The zero-order valence-corrected chi connectivity index (χ0v) is 24.4. The molecule has 1 aliphatic rings. The minimum absolute atomic E-state index is 0.166. The number of amides is 1. The van der Waals surface area contributed by atoms with Gasteiger partial charge in [0.25, 0.3) is 0 Å². The van der Waals surface area contributed by atoms with Crippen molar-refractivity contribution in [1.82, 2.24) is 0 Å². The molecule has 9 heteroatoms. The summed E-state index contributed by atoms with van der Waals surface area (Å²) >= 11 is 7.65. The van der Waals surface area contributed by atoms with Gasteiger partial charge in [0.2, 0.25) is 0 Å². The molecule has 5 rings (SSSR count). The van der Waals surface area contributed by atoms with Crippen LogP contribution in [0.25, 0.3) is 21.6 Å². The summed E-state index contributed by atoms with van der Waals surface area (Å²) in [6.07, 6.45) is 0.249. The van der Waals surface area contributed by atoms with Crippen molar-refractivity contribution < 1.29 is 28.2 Å². The maximum atomic E-state index is 13.6. The number of nitrogens with one attached hydrogen (secondary N) is 1.